The first kappa shape index (κ1) is 23.2. The minimum absolute atomic E-state index is 0.0787. The molecule has 0 saturated carbocycles. The zero-order valence-electron chi connectivity index (χ0n) is 17.9. The summed E-state index contributed by atoms with van der Waals surface area (Å²) in [4.78, 5) is 24.5. The van der Waals surface area contributed by atoms with E-state index in [0.29, 0.717) is 30.1 Å². The summed E-state index contributed by atoms with van der Waals surface area (Å²) in [5.41, 5.74) is 1.91. The third kappa shape index (κ3) is 8.13. The Bertz CT molecular complexity index is 826. The van der Waals surface area contributed by atoms with E-state index in [1.54, 1.807) is 31.4 Å². The standard InChI is InChI=1S/C23H31N3O4/c1-4-17(2)30-21-11-6-10-20(15-21)26-22(27)16-25-19-9-5-8-18(14-19)23(28)24-12-7-13-29-3/h5-6,8-11,14-15,17,25H,4,7,12-13,16H2,1-3H3,(H,24,28)(H,26,27). The van der Waals surface area contributed by atoms with Crippen molar-refractivity contribution in [3.63, 3.8) is 0 Å². The van der Waals surface area contributed by atoms with Gasteiger partial charge in [-0.05, 0) is 50.1 Å². The Labute approximate surface area is 178 Å². The topological polar surface area (TPSA) is 88.7 Å². The molecule has 2 rings (SSSR count). The Balaban J connectivity index is 1.85. The number of ether oxygens (including phenoxy) is 2. The second-order valence-electron chi connectivity index (χ2n) is 6.95. The summed E-state index contributed by atoms with van der Waals surface area (Å²) in [6.45, 7) is 5.29. The smallest absolute Gasteiger partial charge is 0.251 e. The summed E-state index contributed by atoms with van der Waals surface area (Å²) < 4.78 is 10.7. The van der Waals surface area contributed by atoms with Crippen LogP contribution in [0.15, 0.2) is 48.5 Å². The highest BCUT2D eigenvalue weighted by atomic mass is 16.5. The summed E-state index contributed by atoms with van der Waals surface area (Å²) in [7, 11) is 1.63. The van der Waals surface area contributed by atoms with Crippen molar-refractivity contribution in [2.75, 3.05) is 37.4 Å². The first-order valence-electron chi connectivity index (χ1n) is 10.2. The van der Waals surface area contributed by atoms with Crippen LogP contribution in [0.1, 0.15) is 37.0 Å². The quantitative estimate of drug-likeness (QED) is 0.462. The predicted molar refractivity (Wildman–Crippen MR) is 119 cm³/mol. The molecule has 1 atom stereocenters. The lowest BCUT2D eigenvalue weighted by atomic mass is 10.2. The molecule has 0 fully saturated rings. The molecule has 0 spiro atoms. The zero-order valence-corrected chi connectivity index (χ0v) is 17.9. The van der Waals surface area contributed by atoms with Crippen molar-refractivity contribution in [2.45, 2.75) is 32.8 Å². The van der Waals surface area contributed by atoms with Crippen LogP contribution in [0.4, 0.5) is 11.4 Å². The maximum atomic E-state index is 12.3. The Hall–Kier alpha value is -3.06. The molecule has 7 nitrogen and oxygen atoms in total. The van der Waals surface area contributed by atoms with Gasteiger partial charge in [-0.25, -0.2) is 0 Å². The number of hydrogen-bond acceptors (Lipinski definition) is 5. The molecule has 0 saturated heterocycles. The van der Waals surface area contributed by atoms with Gasteiger partial charge in [-0.15, -0.1) is 0 Å². The lowest BCUT2D eigenvalue weighted by molar-refractivity contribution is -0.114. The molecule has 1 unspecified atom stereocenters. The molecule has 0 aromatic heterocycles. The van der Waals surface area contributed by atoms with Crippen molar-refractivity contribution in [1.82, 2.24) is 5.32 Å². The number of anilines is 2. The van der Waals surface area contributed by atoms with Crippen molar-refractivity contribution >= 4 is 23.2 Å². The second-order valence-corrected chi connectivity index (χ2v) is 6.95. The third-order valence-electron chi connectivity index (χ3n) is 4.42. The Morgan fingerprint density at radius 2 is 1.83 bits per heavy atom. The van der Waals surface area contributed by atoms with E-state index in [2.05, 4.69) is 22.9 Å². The Morgan fingerprint density at radius 3 is 2.60 bits per heavy atom. The van der Waals surface area contributed by atoms with Crippen LogP contribution in [0.25, 0.3) is 0 Å². The molecule has 2 aromatic carbocycles. The van der Waals surface area contributed by atoms with Crippen LogP contribution in [-0.4, -0.2) is 44.7 Å². The Kier molecular flexibility index (Phi) is 9.67. The first-order valence-corrected chi connectivity index (χ1v) is 10.2. The number of nitrogens with one attached hydrogen (secondary N) is 3. The molecule has 162 valence electrons. The van der Waals surface area contributed by atoms with E-state index in [1.165, 1.54) is 0 Å². The highest BCUT2D eigenvalue weighted by molar-refractivity contribution is 5.96. The average Bonchev–Trinajstić information content (AvgIpc) is 2.75. The number of hydrogen-bond donors (Lipinski definition) is 3. The fraction of sp³-hybridized carbons (Fsp3) is 0.391. The zero-order chi connectivity index (χ0) is 21.8. The summed E-state index contributed by atoms with van der Waals surface area (Å²) >= 11 is 0. The number of rotatable bonds is 12. The highest BCUT2D eigenvalue weighted by Gasteiger charge is 2.08. The lowest BCUT2D eigenvalue weighted by Gasteiger charge is -2.14. The van der Waals surface area contributed by atoms with Crippen LogP contribution in [0.5, 0.6) is 5.75 Å². The normalized spacial score (nSPS) is 11.4. The minimum atomic E-state index is -0.190. The molecule has 2 amide bonds. The van der Waals surface area contributed by atoms with Gasteiger partial charge < -0.3 is 25.4 Å². The van der Waals surface area contributed by atoms with Gasteiger partial charge in [0.15, 0.2) is 0 Å². The number of methoxy groups -OCH3 is 1. The lowest BCUT2D eigenvalue weighted by Crippen LogP contribution is -2.25. The SMILES string of the molecule is CCC(C)Oc1cccc(NC(=O)CNc2cccc(C(=O)NCCCOC)c2)c1. The molecule has 0 radical (unpaired) electrons. The molecule has 0 heterocycles. The van der Waals surface area contributed by atoms with E-state index in [9.17, 15) is 9.59 Å². The van der Waals surface area contributed by atoms with Gasteiger partial charge >= 0.3 is 0 Å². The van der Waals surface area contributed by atoms with Crippen molar-refractivity contribution in [1.29, 1.82) is 0 Å². The molecule has 0 bridgehead atoms. The van der Waals surface area contributed by atoms with Gasteiger partial charge in [0.2, 0.25) is 5.91 Å². The van der Waals surface area contributed by atoms with Crippen molar-refractivity contribution in [2.24, 2.45) is 0 Å². The number of carbonyl (C=O) groups is 2. The van der Waals surface area contributed by atoms with E-state index in [4.69, 9.17) is 9.47 Å². The van der Waals surface area contributed by atoms with E-state index in [0.717, 1.165) is 18.6 Å². The van der Waals surface area contributed by atoms with Crippen molar-refractivity contribution in [3.05, 3.63) is 54.1 Å². The molecule has 30 heavy (non-hydrogen) atoms. The summed E-state index contributed by atoms with van der Waals surface area (Å²) in [5, 5.41) is 8.74. The van der Waals surface area contributed by atoms with Gasteiger partial charge in [-0.1, -0.05) is 19.1 Å². The van der Waals surface area contributed by atoms with Crippen LogP contribution in [0, 0.1) is 0 Å². The van der Waals surface area contributed by atoms with Crippen molar-refractivity contribution < 1.29 is 19.1 Å². The average molecular weight is 414 g/mol. The van der Waals surface area contributed by atoms with Gasteiger partial charge in [0.25, 0.3) is 5.91 Å². The van der Waals surface area contributed by atoms with Gasteiger partial charge in [0.1, 0.15) is 5.75 Å². The van der Waals surface area contributed by atoms with E-state index < -0.39 is 0 Å². The molecule has 3 N–H and O–H groups in total. The molecule has 0 aliphatic carbocycles. The predicted octanol–water partition coefficient (Wildman–Crippen LogP) is 3.68. The molecular weight excluding hydrogens is 382 g/mol. The van der Waals surface area contributed by atoms with Crippen LogP contribution >= 0.6 is 0 Å². The summed E-state index contributed by atoms with van der Waals surface area (Å²) in [5.74, 6) is 0.377. The maximum Gasteiger partial charge on any atom is 0.251 e. The monoisotopic (exact) mass is 413 g/mol. The van der Waals surface area contributed by atoms with Crippen LogP contribution in [0.3, 0.4) is 0 Å². The second kappa shape index (κ2) is 12.5. The molecular formula is C23H31N3O4. The summed E-state index contributed by atoms with van der Waals surface area (Å²) in [6, 6.07) is 14.4. The van der Waals surface area contributed by atoms with Crippen molar-refractivity contribution in [3.8, 4) is 5.75 Å². The maximum absolute atomic E-state index is 12.3. The van der Waals surface area contributed by atoms with Gasteiger partial charge in [0.05, 0.1) is 12.6 Å². The fourth-order valence-electron chi connectivity index (χ4n) is 2.64. The molecule has 7 heteroatoms. The van der Waals surface area contributed by atoms with Crippen LogP contribution in [0.2, 0.25) is 0 Å². The first-order chi connectivity index (χ1) is 14.5. The highest BCUT2D eigenvalue weighted by Crippen LogP contribution is 2.19. The number of carbonyl (C=O) groups excluding carboxylic acids is 2. The van der Waals surface area contributed by atoms with Gasteiger partial charge in [-0.3, -0.25) is 9.59 Å². The fourth-order valence-corrected chi connectivity index (χ4v) is 2.64. The van der Waals surface area contributed by atoms with Gasteiger partial charge in [-0.2, -0.15) is 0 Å². The van der Waals surface area contributed by atoms with E-state index >= 15 is 0 Å². The molecule has 0 aliphatic heterocycles. The number of benzene rings is 2. The minimum Gasteiger partial charge on any atom is -0.491 e. The van der Waals surface area contributed by atoms with Crippen LogP contribution < -0.4 is 20.7 Å². The van der Waals surface area contributed by atoms with Gasteiger partial charge in [0, 0.05) is 43.3 Å². The summed E-state index contributed by atoms with van der Waals surface area (Å²) in [6.07, 6.45) is 1.77. The third-order valence-corrected chi connectivity index (χ3v) is 4.42. The number of amides is 2. The molecule has 2 aromatic rings. The Morgan fingerprint density at radius 1 is 1.07 bits per heavy atom. The molecule has 0 aliphatic rings. The van der Waals surface area contributed by atoms with Crippen LogP contribution in [-0.2, 0) is 9.53 Å². The largest absolute Gasteiger partial charge is 0.491 e. The van der Waals surface area contributed by atoms with E-state index in [1.807, 2.05) is 31.2 Å². The van der Waals surface area contributed by atoms with E-state index in [-0.39, 0.29) is 24.5 Å².